The van der Waals surface area contributed by atoms with Crippen LogP contribution in [0.2, 0.25) is 0 Å². The van der Waals surface area contributed by atoms with Gasteiger partial charge in [-0.15, -0.1) is 0 Å². The number of quaternary nitrogens is 1. The van der Waals surface area contributed by atoms with Crippen LogP contribution in [0.3, 0.4) is 0 Å². The topological polar surface area (TPSA) is 29.1 Å². The van der Waals surface area contributed by atoms with E-state index in [4.69, 9.17) is 0 Å². The Morgan fingerprint density at radius 3 is 2.29 bits per heavy atom. The largest absolute Gasteiger partial charge is 1.00 e. The molecule has 4 heteroatoms. The first-order valence-electron chi connectivity index (χ1n) is 5.03. The molecule has 0 aliphatic heterocycles. The first-order chi connectivity index (χ1) is 5.95. The number of nitrogens with zero attached hydrogens (tertiary/aromatic N) is 1. The van der Waals surface area contributed by atoms with Gasteiger partial charge in [0.15, 0.2) is 0 Å². The van der Waals surface area contributed by atoms with Crippen molar-refractivity contribution in [2.24, 2.45) is 0 Å². The van der Waals surface area contributed by atoms with E-state index in [1.165, 1.54) is 0 Å². The predicted molar refractivity (Wildman–Crippen MR) is 55.4 cm³/mol. The summed E-state index contributed by atoms with van der Waals surface area (Å²) < 4.78 is 0.962. The Morgan fingerprint density at radius 2 is 1.86 bits per heavy atom. The molecule has 0 saturated heterocycles. The molecule has 0 aromatic rings. The van der Waals surface area contributed by atoms with Gasteiger partial charge in [-0.2, -0.15) is 0 Å². The van der Waals surface area contributed by atoms with Gasteiger partial charge in [-0.25, -0.2) is 0 Å². The van der Waals surface area contributed by atoms with Crippen molar-refractivity contribution < 1.29 is 21.7 Å². The number of carbonyl (C=O) groups excluding carboxylic acids is 1. The third-order valence-electron chi connectivity index (χ3n) is 1.80. The average Bonchev–Trinajstić information content (AvgIpc) is 1.97. The van der Waals surface area contributed by atoms with E-state index in [-0.39, 0.29) is 18.3 Å². The van der Waals surface area contributed by atoms with Gasteiger partial charge in [0.2, 0.25) is 5.91 Å². The summed E-state index contributed by atoms with van der Waals surface area (Å²) in [5.41, 5.74) is 0. The van der Waals surface area contributed by atoms with Crippen molar-refractivity contribution in [1.29, 1.82) is 0 Å². The minimum absolute atomic E-state index is 0. The first kappa shape index (κ1) is 16.2. The Morgan fingerprint density at radius 1 is 1.29 bits per heavy atom. The van der Waals surface area contributed by atoms with Gasteiger partial charge in [0.25, 0.3) is 0 Å². The highest BCUT2D eigenvalue weighted by molar-refractivity contribution is 5.75. The molecule has 14 heavy (non-hydrogen) atoms. The standard InChI is InChI=1S/C10H22N2O.ClH/c1-5-7-10(13)11-8-6-9-12(2,3)4;/h5-9H2,1-4H3;1H. The first-order valence-corrected chi connectivity index (χ1v) is 5.03. The maximum Gasteiger partial charge on any atom is 0.219 e. The lowest BCUT2D eigenvalue weighted by Gasteiger charge is -2.23. The molecule has 0 rings (SSSR count). The average molecular weight is 223 g/mol. The molecule has 0 aromatic carbocycles. The summed E-state index contributed by atoms with van der Waals surface area (Å²) in [6.45, 7) is 3.94. The summed E-state index contributed by atoms with van der Waals surface area (Å²) >= 11 is 0. The quantitative estimate of drug-likeness (QED) is 0.409. The number of rotatable bonds is 6. The lowest BCUT2D eigenvalue weighted by atomic mass is 10.3. The zero-order chi connectivity index (χ0) is 10.3. The van der Waals surface area contributed by atoms with Crippen molar-refractivity contribution in [3.05, 3.63) is 0 Å². The number of hydrogen-bond acceptors (Lipinski definition) is 1. The van der Waals surface area contributed by atoms with E-state index in [9.17, 15) is 4.79 Å². The number of nitrogens with one attached hydrogen (secondary N) is 1. The van der Waals surface area contributed by atoms with Crippen LogP contribution in [0.25, 0.3) is 0 Å². The molecule has 0 atom stereocenters. The lowest BCUT2D eigenvalue weighted by Crippen LogP contribution is -3.00. The van der Waals surface area contributed by atoms with Crippen molar-refractivity contribution in [2.75, 3.05) is 34.2 Å². The fourth-order valence-electron chi connectivity index (χ4n) is 1.10. The molecule has 0 bridgehead atoms. The highest BCUT2D eigenvalue weighted by Gasteiger charge is 2.05. The van der Waals surface area contributed by atoms with Crippen molar-refractivity contribution in [3.8, 4) is 0 Å². The third kappa shape index (κ3) is 11.7. The van der Waals surface area contributed by atoms with Gasteiger partial charge in [0.1, 0.15) is 0 Å². The van der Waals surface area contributed by atoms with E-state index < -0.39 is 0 Å². The maximum atomic E-state index is 11.1. The van der Waals surface area contributed by atoms with E-state index >= 15 is 0 Å². The zero-order valence-electron chi connectivity index (χ0n) is 9.77. The molecule has 0 heterocycles. The molecule has 0 saturated carbocycles. The summed E-state index contributed by atoms with van der Waals surface area (Å²) in [5, 5.41) is 2.91. The molecule has 1 N–H and O–H groups in total. The molecule has 0 aliphatic rings. The molecule has 1 amide bonds. The molecule has 0 aliphatic carbocycles. The van der Waals surface area contributed by atoms with Gasteiger partial charge in [0.05, 0.1) is 27.7 Å². The summed E-state index contributed by atoms with van der Waals surface area (Å²) in [4.78, 5) is 11.1. The van der Waals surface area contributed by atoms with Crippen LogP contribution in [-0.4, -0.2) is 44.6 Å². The zero-order valence-corrected chi connectivity index (χ0v) is 10.5. The van der Waals surface area contributed by atoms with Crippen LogP contribution in [0.1, 0.15) is 26.2 Å². The van der Waals surface area contributed by atoms with Crippen molar-refractivity contribution in [1.82, 2.24) is 5.32 Å². The molecule has 0 aromatic heterocycles. The molecule has 0 spiro atoms. The second-order valence-electron chi connectivity index (χ2n) is 4.47. The second-order valence-corrected chi connectivity index (χ2v) is 4.47. The number of carbonyl (C=O) groups is 1. The van der Waals surface area contributed by atoms with E-state index in [1.54, 1.807) is 0 Å². The van der Waals surface area contributed by atoms with Crippen LogP contribution in [0, 0.1) is 0 Å². The van der Waals surface area contributed by atoms with Crippen molar-refractivity contribution in [3.63, 3.8) is 0 Å². The fraction of sp³-hybridized carbons (Fsp3) is 0.900. The van der Waals surface area contributed by atoms with Crippen LogP contribution in [0.4, 0.5) is 0 Å². The van der Waals surface area contributed by atoms with Crippen LogP contribution in [0.15, 0.2) is 0 Å². The smallest absolute Gasteiger partial charge is 0.219 e. The van der Waals surface area contributed by atoms with Gasteiger partial charge in [0, 0.05) is 19.4 Å². The summed E-state index contributed by atoms with van der Waals surface area (Å²) in [6.07, 6.45) is 2.64. The van der Waals surface area contributed by atoms with E-state index in [2.05, 4.69) is 26.5 Å². The van der Waals surface area contributed by atoms with E-state index in [0.717, 1.165) is 30.4 Å². The van der Waals surface area contributed by atoms with Gasteiger partial charge >= 0.3 is 0 Å². The Hall–Kier alpha value is -0.280. The summed E-state index contributed by atoms with van der Waals surface area (Å²) in [6, 6.07) is 0. The monoisotopic (exact) mass is 222 g/mol. The Labute approximate surface area is 93.9 Å². The summed E-state index contributed by atoms with van der Waals surface area (Å²) in [5.74, 6) is 0.184. The molecule has 0 radical (unpaired) electrons. The van der Waals surface area contributed by atoms with E-state index in [0.29, 0.717) is 6.42 Å². The normalized spacial score (nSPS) is 10.6. The third-order valence-corrected chi connectivity index (χ3v) is 1.80. The fourth-order valence-corrected chi connectivity index (χ4v) is 1.10. The predicted octanol–water partition coefficient (Wildman–Crippen LogP) is -2.00. The van der Waals surface area contributed by atoms with Crippen LogP contribution < -0.4 is 17.7 Å². The van der Waals surface area contributed by atoms with E-state index in [1.807, 2.05) is 6.92 Å². The minimum atomic E-state index is 0. The SMILES string of the molecule is CCCC(=O)NCCC[N+](C)(C)C.[Cl-]. The lowest BCUT2D eigenvalue weighted by molar-refractivity contribution is -0.870. The highest BCUT2D eigenvalue weighted by Crippen LogP contribution is 1.92. The van der Waals surface area contributed by atoms with Gasteiger partial charge in [-0.3, -0.25) is 4.79 Å². The summed E-state index contributed by atoms with van der Waals surface area (Å²) in [7, 11) is 6.48. The Bertz CT molecular complexity index is 155. The van der Waals surface area contributed by atoms with Crippen LogP contribution >= 0.6 is 0 Å². The van der Waals surface area contributed by atoms with Gasteiger partial charge in [-0.1, -0.05) is 6.92 Å². The number of amides is 1. The van der Waals surface area contributed by atoms with Gasteiger partial charge < -0.3 is 22.2 Å². The van der Waals surface area contributed by atoms with Gasteiger partial charge in [-0.05, 0) is 6.42 Å². The second kappa shape index (κ2) is 8.06. The van der Waals surface area contributed by atoms with Crippen molar-refractivity contribution >= 4 is 5.91 Å². The molecule has 3 nitrogen and oxygen atoms in total. The Balaban J connectivity index is 0. The van der Waals surface area contributed by atoms with Crippen LogP contribution in [-0.2, 0) is 4.79 Å². The molecule has 0 unspecified atom stereocenters. The van der Waals surface area contributed by atoms with Crippen molar-refractivity contribution in [2.45, 2.75) is 26.2 Å². The number of halogens is 1. The molecule has 0 fully saturated rings. The van der Waals surface area contributed by atoms with Crippen LogP contribution in [0.5, 0.6) is 0 Å². The molecule has 86 valence electrons. The molecular formula is C10H23ClN2O. The number of hydrogen-bond donors (Lipinski definition) is 1. The maximum absolute atomic E-state index is 11.1. The highest BCUT2D eigenvalue weighted by atomic mass is 35.5. The minimum Gasteiger partial charge on any atom is -1.00 e. The Kier molecular flexibility index (Phi) is 9.31. The molecular weight excluding hydrogens is 200 g/mol.